The first kappa shape index (κ1) is 20.1. The highest BCUT2D eigenvalue weighted by Crippen LogP contribution is 2.60. The number of amides is 1. The van der Waals surface area contributed by atoms with Gasteiger partial charge in [0.15, 0.2) is 0 Å². The lowest BCUT2D eigenvalue weighted by molar-refractivity contribution is -0.274. The van der Waals surface area contributed by atoms with Gasteiger partial charge in [-0.05, 0) is 36.8 Å². The molecule has 3 aromatic rings. The average molecular weight is 453 g/mol. The molecule has 0 saturated heterocycles. The van der Waals surface area contributed by atoms with Crippen molar-refractivity contribution < 1.29 is 27.8 Å². The summed E-state index contributed by atoms with van der Waals surface area (Å²) in [6.07, 6.45) is 3.04. The van der Waals surface area contributed by atoms with Crippen molar-refractivity contribution >= 4 is 23.0 Å². The van der Waals surface area contributed by atoms with E-state index in [4.69, 9.17) is 11.6 Å². The van der Waals surface area contributed by atoms with E-state index in [-0.39, 0.29) is 23.4 Å². The standard InChI is InChI=1S/C20H16ClF3N4O3/c21-11-2-15(16-7-26-9-28(16)8-11)19(30)3-13-14(4-19)17(13)27-18(29)10-1-12(6-25-5-10)31-20(22,23)24/h1-2,5-9,13-14,17,30H,3-4H2,(H,27,29)/t13-,14+,17?,19?. The van der Waals surface area contributed by atoms with Crippen LogP contribution in [0.5, 0.6) is 5.75 Å². The molecule has 162 valence electrons. The predicted octanol–water partition coefficient (Wildman–Crippen LogP) is 3.31. The molecular formula is C20H16ClF3N4O3. The van der Waals surface area contributed by atoms with Gasteiger partial charge in [0.2, 0.25) is 0 Å². The Kier molecular flexibility index (Phi) is 4.42. The summed E-state index contributed by atoms with van der Waals surface area (Å²) in [6.45, 7) is 0. The molecule has 4 atom stereocenters. The van der Waals surface area contributed by atoms with Crippen LogP contribution in [-0.4, -0.2) is 37.8 Å². The maximum atomic E-state index is 12.5. The first-order valence-electron chi connectivity index (χ1n) is 9.49. The van der Waals surface area contributed by atoms with Crippen molar-refractivity contribution in [2.75, 3.05) is 0 Å². The number of carbonyl (C=O) groups is 1. The smallest absolute Gasteiger partial charge is 0.404 e. The number of carbonyl (C=O) groups excluding carboxylic acids is 1. The monoisotopic (exact) mass is 452 g/mol. The second kappa shape index (κ2) is 6.83. The second-order valence-electron chi connectivity index (χ2n) is 7.98. The van der Waals surface area contributed by atoms with Gasteiger partial charge in [0.05, 0.1) is 40.4 Å². The van der Waals surface area contributed by atoms with Gasteiger partial charge in [-0.25, -0.2) is 4.98 Å². The molecule has 0 aliphatic heterocycles. The van der Waals surface area contributed by atoms with Crippen LogP contribution in [0.4, 0.5) is 13.2 Å². The lowest BCUT2D eigenvalue weighted by atomic mass is 9.88. The minimum atomic E-state index is -4.87. The van der Waals surface area contributed by atoms with Crippen molar-refractivity contribution in [1.29, 1.82) is 0 Å². The molecule has 11 heteroatoms. The van der Waals surface area contributed by atoms with E-state index < -0.39 is 23.6 Å². The van der Waals surface area contributed by atoms with Gasteiger partial charge in [-0.2, -0.15) is 0 Å². The van der Waals surface area contributed by atoms with E-state index in [0.717, 1.165) is 17.8 Å². The summed E-state index contributed by atoms with van der Waals surface area (Å²) in [4.78, 5) is 20.2. The Morgan fingerprint density at radius 1 is 1.23 bits per heavy atom. The van der Waals surface area contributed by atoms with Gasteiger partial charge in [-0.3, -0.25) is 9.78 Å². The van der Waals surface area contributed by atoms with E-state index in [0.29, 0.717) is 23.4 Å². The number of nitrogens with zero attached hydrogens (tertiary/aromatic N) is 3. The maximum absolute atomic E-state index is 12.5. The van der Waals surface area contributed by atoms with Gasteiger partial charge in [0.1, 0.15) is 5.75 Å². The van der Waals surface area contributed by atoms with E-state index in [1.165, 1.54) is 6.20 Å². The Hall–Kier alpha value is -2.85. The molecule has 0 radical (unpaired) electrons. The Labute approximate surface area is 178 Å². The van der Waals surface area contributed by atoms with Crippen LogP contribution < -0.4 is 10.1 Å². The number of imidazole rings is 1. The number of ether oxygens (including phenoxy) is 1. The summed E-state index contributed by atoms with van der Waals surface area (Å²) in [5.74, 6) is -0.989. The third-order valence-corrected chi connectivity index (χ3v) is 6.18. The number of aliphatic hydroxyl groups is 1. The van der Waals surface area contributed by atoms with Crippen LogP contribution in [0.2, 0.25) is 5.02 Å². The van der Waals surface area contributed by atoms with Crippen LogP contribution in [0.15, 0.2) is 43.2 Å². The highest BCUT2D eigenvalue weighted by molar-refractivity contribution is 6.30. The molecule has 2 fully saturated rings. The van der Waals surface area contributed by atoms with Crippen LogP contribution in [0.1, 0.15) is 28.8 Å². The molecule has 3 aromatic heterocycles. The highest BCUT2D eigenvalue weighted by Gasteiger charge is 2.62. The van der Waals surface area contributed by atoms with Gasteiger partial charge in [0, 0.05) is 24.0 Å². The lowest BCUT2D eigenvalue weighted by Crippen LogP contribution is -2.33. The van der Waals surface area contributed by atoms with Crippen molar-refractivity contribution in [3.63, 3.8) is 0 Å². The van der Waals surface area contributed by atoms with Crippen LogP contribution in [0.3, 0.4) is 0 Å². The van der Waals surface area contributed by atoms with Crippen molar-refractivity contribution in [2.24, 2.45) is 11.8 Å². The summed E-state index contributed by atoms with van der Waals surface area (Å²) in [6, 6.07) is 2.56. The van der Waals surface area contributed by atoms with Crippen LogP contribution in [-0.2, 0) is 5.60 Å². The predicted molar refractivity (Wildman–Crippen MR) is 102 cm³/mol. The van der Waals surface area contributed by atoms with E-state index in [2.05, 4.69) is 20.0 Å². The van der Waals surface area contributed by atoms with Gasteiger partial charge in [0.25, 0.3) is 5.91 Å². The highest BCUT2D eigenvalue weighted by atomic mass is 35.5. The molecule has 3 heterocycles. The first-order chi connectivity index (χ1) is 14.6. The molecular weight excluding hydrogens is 437 g/mol. The number of halogens is 4. The SMILES string of the molecule is O=C(NC1[C@H]2CC(O)(c3cc(Cl)cn4cncc34)C[C@@H]12)c1cncc(OC(F)(F)F)c1. The summed E-state index contributed by atoms with van der Waals surface area (Å²) >= 11 is 6.18. The normalized spacial score (nSPS) is 27.2. The number of hydrogen-bond acceptors (Lipinski definition) is 5. The Morgan fingerprint density at radius 2 is 1.97 bits per heavy atom. The molecule has 2 aliphatic carbocycles. The van der Waals surface area contributed by atoms with Crippen molar-refractivity contribution in [1.82, 2.24) is 19.7 Å². The number of rotatable bonds is 4. The summed E-state index contributed by atoms with van der Waals surface area (Å²) < 4.78 is 42.7. The molecule has 2 aliphatic rings. The van der Waals surface area contributed by atoms with Gasteiger partial charge in [-0.15, -0.1) is 13.2 Å². The van der Waals surface area contributed by atoms with Crippen molar-refractivity contribution in [3.05, 3.63) is 59.4 Å². The van der Waals surface area contributed by atoms with E-state index in [1.807, 2.05) is 0 Å². The molecule has 0 bridgehead atoms. The summed E-state index contributed by atoms with van der Waals surface area (Å²) in [7, 11) is 0. The van der Waals surface area contributed by atoms with E-state index >= 15 is 0 Å². The van der Waals surface area contributed by atoms with Gasteiger partial charge in [-0.1, -0.05) is 11.6 Å². The Morgan fingerprint density at radius 3 is 2.68 bits per heavy atom. The third-order valence-electron chi connectivity index (χ3n) is 5.97. The van der Waals surface area contributed by atoms with E-state index in [1.54, 1.807) is 29.2 Å². The third kappa shape index (κ3) is 3.70. The number of nitrogens with one attached hydrogen (secondary N) is 1. The topological polar surface area (TPSA) is 88.8 Å². The van der Waals surface area contributed by atoms with Crippen molar-refractivity contribution in [3.8, 4) is 5.75 Å². The molecule has 5 rings (SSSR count). The van der Waals surface area contributed by atoms with Gasteiger partial charge >= 0.3 is 6.36 Å². The molecule has 0 aromatic carbocycles. The number of pyridine rings is 2. The zero-order valence-corrected chi connectivity index (χ0v) is 16.6. The number of aromatic nitrogens is 3. The minimum absolute atomic E-state index is 0.0298. The Bertz CT molecular complexity index is 1170. The molecule has 2 N–H and O–H groups in total. The summed E-state index contributed by atoms with van der Waals surface area (Å²) in [5.41, 5.74) is 0.334. The molecule has 0 spiro atoms. The number of alkyl halides is 3. The fourth-order valence-electron chi connectivity index (χ4n) is 4.64. The zero-order valence-electron chi connectivity index (χ0n) is 15.8. The number of hydrogen-bond donors (Lipinski definition) is 2. The molecule has 7 nitrogen and oxygen atoms in total. The molecule has 1 amide bonds. The van der Waals surface area contributed by atoms with Crippen LogP contribution in [0.25, 0.3) is 5.52 Å². The van der Waals surface area contributed by atoms with Gasteiger partial charge < -0.3 is 19.6 Å². The lowest BCUT2D eigenvalue weighted by Gasteiger charge is -2.27. The quantitative estimate of drug-likeness (QED) is 0.634. The Balaban J connectivity index is 1.27. The first-order valence-corrected chi connectivity index (χ1v) is 9.86. The minimum Gasteiger partial charge on any atom is -0.404 e. The molecule has 2 unspecified atom stereocenters. The van der Waals surface area contributed by atoms with Crippen molar-refractivity contribution in [2.45, 2.75) is 30.8 Å². The second-order valence-corrected chi connectivity index (χ2v) is 8.42. The fourth-order valence-corrected chi connectivity index (χ4v) is 4.85. The van der Waals surface area contributed by atoms with E-state index in [9.17, 15) is 23.1 Å². The number of fused-ring (bicyclic) bond motifs is 2. The van der Waals surface area contributed by atoms with Crippen LogP contribution in [0, 0.1) is 11.8 Å². The largest absolute Gasteiger partial charge is 0.573 e. The summed E-state index contributed by atoms with van der Waals surface area (Å²) in [5, 5.41) is 14.6. The average Bonchev–Trinajstić information content (AvgIpc) is 3.04. The molecule has 2 saturated carbocycles. The maximum Gasteiger partial charge on any atom is 0.573 e. The molecule has 31 heavy (non-hydrogen) atoms. The zero-order chi connectivity index (χ0) is 22.0. The van der Waals surface area contributed by atoms with Crippen LogP contribution >= 0.6 is 11.6 Å². The fraction of sp³-hybridized carbons (Fsp3) is 0.350.